The minimum absolute atomic E-state index is 0.291. The Bertz CT molecular complexity index is 539. The molecule has 1 aromatic rings. The predicted molar refractivity (Wildman–Crippen MR) is 116 cm³/mol. The molecule has 0 amide bonds. The van der Waals surface area contributed by atoms with E-state index in [1.54, 1.807) is 0 Å². The van der Waals surface area contributed by atoms with Crippen LogP contribution < -0.4 is 5.32 Å². The summed E-state index contributed by atoms with van der Waals surface area (Å²) < 4.78 is 0. The average Bonchev–Trinajstić information content (AvgIpc) is 3.09. The van der Waals surface area contributed by atoms with Gasteiger partial charge in [0.2, 0.25) is 0 Å². The molecule has 0 aliphatic carbocycles. The maximum atomic E-state index is 9.64. The van der Waals surface area contributed by atoms with Gasteiger partial charge in [0.25, 0.3) is 0 Å². The van der Waals surface area contributed by atoms with Crippen molar-refractivity contribution in [3.05, 3.63) is 47.5 Å². The van der Waals surface area contributed by atoms with Crippen LogP contribution in [0, 0.1) is 5.92 Å². The van der Waals surface area contributed by atoms with E-state index in [0.29, 0.717) is 18.7 Å². The zero-order chi connectivity index (χ0) is 19.5. The monoisotopic (exact) mass is 372 g/mol. The van der Waals surface area contributed by atoms with Gasteiger partial charge in [-0.1, -0.05) is 48.9 Å². The molecule has 1 heterocycles. The molecule has 2 rings (SSSR count). The van der Waals surface area contributed by atoms with Crippen molar-refractivity contribution in [1.82, 2.24) is 10.2 Å². The third-order valence-corrected chi connectivity index (χ3v) is 5.77. The number of rotatable bonds is 12. The van der Waals surface area contributed by atoms with Crippen molar-refractivity contribution in [3.63, 3.8) is 0 Å². The minimum Gasteiger partial charge on any atom is -0.395 e. The molecule has 1 aliphatic heterocycles. The summed E-state index contributed by atoms with van der Waals surface area (Å²) in [7, 11) is 0. The van der Waals surface area contributed by atoms with E-state index in [1.165, 1.54) is 36.8 Å². The van der Waals surface area contributed by atoms with Crippen LogP contribution in [0.1, 0.15) is 58.4 Å². The van der Waals surface area contributed by atoms with E-state index in [0.717, 1.165) is 38.4 Å². The lowest BCUT2D eigenvalue weighted by Gasteiger charge is -2.29. The fourth-order valence-electron chi connectivity index (χ4n) is 4.06. The molecular weight excluding hydrogens is 332 g/mol. The van der Waals surface area contributed by atoms with E-state index < -0.39 is 0 Å². The highest BCUT2D eigenvalue weighted by atomic mass is 16.3. The van der Waals surface area contributed by atoms with Gasteiger partial charge in [0.05, 0.1) is 6.61 Å². The lowest BCUT2D eigenvalue weighted by molar-refractivity contribution is 0.147. The van der Waals surface area contributed by atoms with Crippen LogP contribution in [0.2, 0.25) is 0 Å². The number of hydrogen-bond acceptors (Lipinski definition) is 3. The predicted octanol–water partition coefficient (Wildman–Crippen LogP) is 4.42. The first-order valence-corrected chi connectivity index (χ1v) is 10.8. The average molecular weight is 373 g/mol. The van der Waals surface area contributed by atoms with E-state index >= 15 is 0 Å². The summed E-state index contributed by atoms with van der Waals surface area (Å²) in [5.41, 5.74) is 2.82. The van der Waals surface area contributed by atoms with Crippen LogP contribution in [-0.2, 0) is 6.42 Å². The number of likely N-dealkylation sites (tertiary alicyclic amines) is 1. The number of aliphatic hydroxyl groups is 1. The summed E-state index contributed by atoms with van der Waals surface area (Å²) in [6, 6.07) is 11.6. The molecule has 0 aromatic heterocycles. The molecule has 0 bridgehead atoms. The summed E-state index contributed by atoms with van der Waals surface area (Å²) in [5.74, 6) is 0.752. The lowest BCUT2D eigenvalue weighted by Crippen LogP contribution is -2.45. The van der Waals surface area contributed by atoms with Gasteiger partial charge in [-0.2, -0.15) is 0 Å². The maximum Gasteiger partial charge on any atom is 0.0586 e. The second-order valence-electron chi connectivity index (χ2n) is 8.57. The van der Waals surface area contributed by atoms with Gasteiger partial charge < -0.3 is 10.4 Å². The molecule has 0 radical (unpaired) electrons. The van der Waals surface area contributed by atoms with E-state index in [4.69, 9.17) is 0 Å². The van der Waals surface area contributed by atoms with Crippen LogP contribution in [0.5, 0.6) is 0 Å². The Morgan fingerprint density at radius 3 is 2.74 bits per heavy atom. The van der Waals surface area contributed by atoms with Crippen molar-refractivity contribution in [2.45, 2.75) is 71.4 Å². The fraction of sp³-hybridized carbons (Fsp3) is 0.667. The van der Waals surface area contributed by atoms with Gasteiger partial charge in [-0.3, -0.25) is 4.90 Å². The van der Waals surface area contributed by atoms with Gasteiger partial charge in [0, 0.05) is 18.6 Å². The lowest BCUT2D eigenvalue weighted by atomic mass is 10.00. The van der Waals surface area contributed by atoms with E-state index in [1.807, 2.05) is 0 Å². The van der Waals surface area contributed by atoms with Gasteiger partial charge in [-0.05, 0) is 76.9 Å². The van der Waals surface area contributed by atoms with Crippen molar-refractivity contribution in [2.24, 2.45) is 5.92 Å². The van der Waals surface area contributed by atoms with Crippen molar-refractivity contribution in [1.29, 1.82) is 0 Å². The zero-order valence-electron chi connectivity index (χ0n) is 17.7. The topological polar surface area (TPSA) is 35.5 Å². The first-order valence-electron chi connectivity index (χ1n) is 10.8. The van der Waals surface area contributed by atoms with Crippen molar-refractivity contribution < 1.29 is 5.11 Å². The molecule has 0 saturated carbocycles. The molecule has 2 unspecified atom stereocenters. The maximum absolute atomic E-state index is 9.64. The van der Waals surface area contributed by atoms with Gasteiger partial charge in [0.15, 0.2) is 0 Å². The van der Waals surface area contributed by atoms with Crippen LogP contribution in [-0.4, -0.2) is 48.3 Å². The van der Waals surface area contributed by atoms with Crippen molar-refractivity contribution in [2.75, 3.05) is 26.2 Å². The van der Waals surface area contributed by atoms with E-state index in [-0.39, 0.29) is 0 Å². The number of nitrogens with zero attached hydrogens (tertiary/aromatic N) is 1. The Morgan fingerprint density at radius 2 is 2.04 bits per heavy atom. The number of aliphatic hydroxyl groups excluding tert-OH is 1. The summed E-state index contributed by atoms with van der Waals surface area (Å²) in [6.07, 6.45) is 9.45. The molecular formula is C24H40N2O. The molecule has 152 valence electrons. The van der Waals surface area contributed by atoms with Crippen molar-refractivity contribution in [3.8, 4) is 0 Å². The highest BCUT2D eigenvalue weighted by Gasteiger charge is 2.26. The fourth-order valence-corrected chi connectivity index (χ4v) is 4.06. The third kappa shape index (κ3) is 8.59. The second kappa shape index (κ2) is 12.3. The Morgan fingerprint density at radius 1 is 1.26 bits per heavy atom. The van der Waals surface area contributed by atoms with Gasteiger partial charge in [-0.25, -0.2) is 0 Å². The highest BCUT2D eigenvalue weighted by molar-refractivity contribution is 5.16. The molecule has 3 atom stereocenters. The molecule has 3 heteroatoms. The van der Waals surface area contributed by atoms with E-state index in [9.17, 15) is 5.11 Å². The summed E-state index contributed by atoms with van der Waals surface area (Å²) >= 11 is 0. The first kappa shape index (κ1) is 22.1. The largest absolute Gasteiger partial charge is 0.395 e. The molecule has 1 saturated heterocycles. The molecule has 2 N–H and O–H groups in total. The van der Waals surface area contributed by atoms with Crippen molar-refractivity contribution >= 4 is 0 Å². The molecule has 1 aliphatic rings. The standard InChI is InChI=1S/C24H40N2O/c1-20(2)9-7-10-21(3)14-15-25-23(17-22-11-5-4-6-12-22)18-26-16-8-13-24(26)19-27/h4-6,9,11-12,21,23-25,27H,7-8,10,13-19H2,1-3H3/t21-,23?,24?/m1/s1. The molecule has 1 fully saturated rings. The molecule has 1 aromatic carbocycles. The number of hydrogen-bond donors (Lipinski definition) is 2. The van der Waals surface area contributed by atoms with E-state index in [2.05, 4.69) is 67.4 Å². The van der Waals surface area contributed by atoms with Gasteiger partial charge in [0.1, 0.15) is 0 Å². The number of benzene rings is 1. The quantitative estimate of drug-likeness (QED) is 0.533. The van der Waals surface area contributed by atoms with Crippen LogP contribution in [0.25, 0.3) is 0 Å². The Kier molecular flexibility index (Phi) is 10.1. The number of allylic oxidation sites excluding steroid dienone is 2. The van der Waals surface area contributed by atoms with Gasteiger partial charge >= 0.3 is 0 Å². The van der Waals surface area contributed by atoms with Gasteiger partial charge in [-0.15, -0.1) is 0 Å². The molecule has 0 spiro atoms. The summed E-state index contributed by atoms with van der Waals surface area (Å²) in [6.45, 7) is 10.2. The Labute approximate surface area is 166 Å². The van der Waals surface area contributed by atoms with Crippen LogP contribution in [0.15, 0.2) is 42.0 Å². The Balaban J connectivity index is 1.83. The summed E-state index contributed by atoms with van der Waals surface area (Å²) in [5, 5.41) is 13.5. The molecule has 27 heavy (non-hydrogen) atoms. The minimum atomic E-state index is 0.291. The SMILES string of the molecule is CC(C)=CCC[C@@H](C)CCNC(Cc1ccccc1)CN1CCCC1CO. The smallest absolute Gasteiger partial charge is 0.0586 e. The highest BCUT2D eigenvalue weighted by Crippen LogP contribution is 2.18. The number of nitrogens with one attached hydrogen (secondary N) is 1. The molecule has 3 nitrogen and oxygen atoms in total. The van der Waals surface area contributed by atoms with Crippen LogP contribution in [0.4, 0.5) is 0 Å². The normalized spacial score (nSPS) is 19.8. The second-order valence-corrected chi connectivity index (χ2v) is 8.57. The first-order chi connectivity index (χ1) is 13.1. The van der Waals surface area contributed by atoms with Crippen LogP contribution >= 0.6 is 0 Å². The summed E-state index contributed by atoms with van der Waals surface area (Å²) in [4.78, 5) is 2.48. The van der Waals surface area contributed by atoms with Crippen LogP contribution in [0.3, 0.4) is 0 Å². The zero-order valence-corrected chi connectivity index (χ0v) is 17.7. The Hall–Kier alpha value is -1.16. The third-order valence-electron chi connectivity index (χ3n) is 5.77.